The maximum absolute atomic E-state index is 11.0. The summed E-state index contributed by atoms with van der Waals surface area (Å²) in [6, 6.07) is -0.0699. The minimum absolute atomic E-state index is 0.0699. The topological polar surface area (TPSA) is 53.6 Å². The molecular weight excluding hydrogens is 194 g/mol. The first-order chi connectivity index (χ1) is 7.33. The molecule has 0 radical (unpaired) electrons. The van der Waals surface area contributed by atoms with E-state index in [1.165, 1.54) is 0 Å². The Hall–Kier alpha value is -0.810. The molecule has 0 spiro atoms. The highest BCUT2D eigenvalue weighted by Gasteiger charge is 2.09. The zero-order chi connectivity index (χ0) is 10.9. The van der Waals surface area contributed by atoms with Crippen LogP contribution in [0.5, 0.6) is 0 Å². The van der Waals surface area contributed by atoms with Crippen LogP contribution in [0.3, 0.4) is 0 Å². The van der Waals surface area contributed by atoms with Crippen LogP contribution in [0.4, 0.5) is 4.79 Å². The number of carbonyl (C=O) groups is 1. The van der Waals surface area contributed by atoms with Crippen molar-refractivity contribution in [2.24, 2.45) is 0 Å². The van der Waals surface area contributed by atoms with Gasteiger partial charge >= 0.3 is 6.03 Å². The Bertz CT molecular complexity index is 182. The molecule has 1 saturated heterocycles. The van der Waals surface area contributed by atoms with Crippen LogP contribution in [0, 0.1) is 0 Å². The number of nitrogens with one attached hydrogen (secondary N) is 2. The Balaban J connectivity index is 1.93. The lowest BCUT2D eigenvalue weighted by molar-refractivity contribution is 0.0375. The fourth-order valence-electron chi connectivity index (χ4n) is 1.55. The van der Waals surface area contributed by atoms with Crippen LogP contribution in [0.15, 0.2) is 0 Å². The first kappa shape index (κ1) is 12.3. The van der Waals surface area contributed by atoms with Crippen molar-refractivity contribution in [3.05, 3.63) is 0 Å². The molecule has 1 aliphatic rings. The summed E-state index contributed by atoms with van der Waals surface area (Å²) < 4.78 is 5.25. The Kier molecular flexibility index (Phi) is 6.11. The second kappa shape index (κ2) is 7.48. The second-order valence-electron chi connectivity index (χ2n) is 3.59. The fraction of sp³-hybridized carbons (Fsp3) is 0.900. The van der Waals surface area contributed by atoms with E-state index in [1.807, 2.05) is 6.92 Å². The van der Waals surface area contributed by atoms with Gasteiger partial charge in [0, 0.05) is 26.2 Å². The SMILES string of the molecule is CCNC(=O)NCCCN1CCOCC1. The van der Waals surface area contributed by atoms with Gasteiger partial charge in [-0.15, -0.1) is 0 Å². The lowest BCUT2D eigenvalue weighted by Crippen LogP contribution is -2.39. The van der Waals surface area contributed by atoms with Crippen LogP contribution >= 0.6 is 0 Å². The number of hydrogen-bond acceptors (Lipinski definition) is 3. The molecular formula is C10H21N3O2. The van der Waals surface area contributed by atoms with Crippen molar-refractivity contribution < 1.29 is 9.53 Å². The van der Waals surface area contributed by atoms with E-state index in [0.717, 1.165) is 45.8 Å². The summed E-state index contributed by atoms with van der Waals surface area (Å²) in [7, 11) is 0. The number of rotatable bonds is 5. The third-order valence-electron chi connectivity index (χ3n) is 2.38. The average molecular weight is 215 g/mol. The van der Waals surface area contributed by atoms with Gasteiger partial charge in [-0.2, -0.15) is 0 Å². The third-order valence-corrected chi connectivity index (χ3v) is 2.38. The Morgan fingerprint density at radius 1 is 1.33 bits per heavy atom. The maximum Gasteiger partial charge on any atom is 0.314 e. The van der Waals surface area contributed by atoms with Crippen molar-refractivity contribution in [2.45, 2.75) is 13.3 Å². The molecule has 0 atom stereocenters. The molecule has 0 aromatic rings. The van der Waals surface area contributed by atoms with Gasteiger partial charge in [-0.05, 0) is 19.9 Å². The molecule has 0 saturated carbocycles. The maximum atomic E-state index is 11.0. The summed E-state index contributed by atoms with van der Waals surface area (Å²) in [5.74, 6) is 0. The van der Waals surface area contributed by atoms with Gasteiger partial charge in [0.15, 0.2) is 0 Å². The minimum Gasteiger partial charge on any atom is -0.379 e. The molecule has 0 bridgehead atoms. The van der Waals surface area contributed by atoms with E-state index >= 15 is 0 Å². The molecule has 88 valence electrons. The van der Waals surface area contributed by atoms with Crippen molar-refractivity contribution in [3.63, 3.8) is 0 Å². The Morgan fingerprint density at radius 2 is 2.07 bits per heavy atom. The Labute approximate surface area is 91.2 Å². The third kappa shape index (κ3) is 5.59. The van der Waals surface area contributed by atoms with Gasteiger partial charge in [0.2, 0.25) is 0 Å². The van der Waals surface area contributed by atoms with Crippen molar-refractivity contribution in [1.82, 2.24) is 15.5 Å². The van der Waals surface area contributed by atoms with E-state index in [2.05, 4.69) is 15.5 Å². The summed E-state index contributed by atoms with van der Waals surface area (Å²) in [5.41, 5.74) is 0. The number of urea groups is 1. The summed E-state index contributed by atoms with van der Waals surface area (Å²) in [6.45, 7) is 8.07. The van der Waals surface area contributed by atoms with Crippen LogP contribution < -0.4 is 10.6 Å². The number of carbonyl (C=O) groups excluding carboxylic acids is 1. The van der Waals surface area contributed by atoms with Gasteiger partial charge in [-0.25, -0.2) is 4.79 Å². The van der Waals surface area contributed by atoms with E-state index in [-0.39, 0.29) is 6.03 Å². The quantitative estimate of drug-likeness (QED) is 0.636. The molecule has 1 rings (SSSR count). The minimum atomic E-state index is -0.0699. The zero-order valence-electron chi connectivity index (χ0n) is 9.42. The van der Waals surface area contributed by atoms with E-state index < -0.39 is 0 Å². The number of amides is 2. The van der Waals surface area contributed by atoms with Crippen LogP contribution in [0.25, 0.3) is 0 Å². The van der Waals surface area contributed by atoms with Crippen molar-refractivity contribution in [2.75, 3.05) is 45.9 Å². The molecule has 1 fully saturated rings. The van der Waals surface area contributed by atoms with Gasteiger partial charge in [-0.3, -0.25) is 4.90 Å². The summed E-state index contributed by atoms with van der Waals surface area (Å²) in [5, 5.41) is 5.52. The van der Waals surface area contributed by atoms with Gasteiger partial charge < -0.3 is 15.4 Å². The summed E-state index contributed by atoms with van der Waals surface area (Å²) in [6.07, 6.45) is 0.997. The van der Waals surface area contributed by atoms with Crippen molar-refractivity contribution in [3.8, 4) is 0 Å². The van der Waals surface area contributed by atoms with Crippen molar-refractivity contribution >= 4 is 6.03 Å². The van der Waals surface area contributed by atoms with Gasteiger partial charge in [0.05, 0.1) is 13.2 Å². The first-order valence-corrected chi connectivity index (χ1v) is 5.64. The Morgan fingerprint density at radius 3 is 2.73 bits per heavy atom. The lowest BCUT2D eigenvalue weighted by atomic mass is 10.3. The monoisotopic (exact) mass is 215 g/mol. The van der Waals surface area contributed by atoms with Crippen molar-refractivity contribution in [1.29, 1.82) is 0 Å². The molecule has 0 unspecified atom stereocenters. The van der Waals surface area contributed by atoms with Gasteiger partial charge in [0.1, 0.15) is 0 Å². The molecule has 0 aliphatic carbocycles. The lowest BCUT2D eigenvalue weighted by Gasteiger charge is -2.26. The molecule has 2 amide bonds. The summed E-state index contributed by atoms with van der Waals surface area (Å²) >= 11 is 0. The average Bonchev–Trinajstić information content (AvgIpc) is 2.26. The highest BCUT2D eigenvalue weighted by atomic mass is 16.5. The molecule has 2 N–H and O–H groups in total. The zero-order valence-corrected chi connectivity index (χ0v) is 9.42. The van der Waals surface area contributed by atoms with Gasteiger partial charge in [0.25, 0.3) is 0 Å². The van der Waals surface area contributed by atoms with E-state index in [9.17, 15) is 4.79 Å². The number of morpholine rings is 1. The van der Waals surface area contributed by atoms with Crippen LogP contribution in [-0.4, -0.2) is 56.9 Å². The number of ether oxygens (including phenoxy) is 1. The van der Waals surface area contributed by atoms with E-state index in [0.29, 0.717) is 6.54 Å². The molecule has 0 aromatic heterocycles. The second-order valence-corrected chi connectivity index (χ2v) is 3.59. The van der Waals surface area contributed by atoms with E-state index in [4.69, 9.17) is 4.74 Å². The molecule has 15 heavy (non-hydrogen) atoms. The highest BCUT2D eigenvalue weighted by Crippen LogP contribution is 1.96. The van der Waals surface area contributed by atoms with Crippen LogP contribution in [-0.2, 0) is 4.74 Å². The number of nitrogens with zero attached hydrogens (tertiary/aromatic N) is 1. The smallest absolute Gasteiger partial charge is 0.314 e. The first-order valence-electron chi connectivity index (χ1n) is 5.64. The predicted molar refractivity (Wildman–Crippen MR) is 59.0 cm³/mol. The van der Waals surface area contributed by atoms with E-state index in [1.54, 1.807) is 0 Å². The van der Waals surface area contributed by atoms with Crippen LogP contribution in [0.1, 0.15) is 13.3 Å². The normalized spacial score (nSPS) is 17.4. The molecule has 1 heterocycles. The fourth-order valence-corrected chi connectivity index (χ4v) is 1.55. The molecule has 5 nitrogen and oxygen atoms in total. The largest absolute Gasteiger partial charge is 0.379 e. The van der Waals surface area contributed by atoms with Crippen LogP contribution in [0.2, 0.25) is 0 Å². The molecule has 5 heteroatoms. The molecule has 1 aliphatic heterocycles. The summed E-state index contributed by atoms with van der Waals surface area (Å²) in [4.78, 5) is 13.4. The highest BCUT2D eigenvalue weighted by molar-refractivity contribution is 5.73. The standard InChI is InChI=1S/C10H21N3O2/c1-2-11-10(14)12-4-3-5-13-6-8-15-9-7-13/h2-9H2,1H3,(H2,11,12,14). The predicted octanol–water partition coefficient (Wildman–Crippen LogP) is 0.0278. The molecule has 0 aromatic carbocycles. The van der Waals surface area contributed by atoms with Gasteiger partial charge in [-0.1, -0.05) is 0 Å². The number of hydrogen-bond donors (Lipinski definition) is 2.